The normalized spacial score (nSPS) is 10.7. The van der Waals surface area contributed by atoms with Crippen LogP contribution in [0.5, 0.6) is 5.75 Å². The number of rotatable bonds is 8. The van der Waals surface area contributed by atoms with E-state index in [0.717, 1.165) is 17.5 Å². The molecule has 0 aromatic heterocycles. The molecular formula is C27H27ClN4O4. The molecule has 8 nitrogen and oxygen atoms in total. The third-order valence-electron chi connectivity index (χ3n) is 5.27. The average molecular weight is 507 g/mol. The molecule has 0 radical (unpaired) electrons. The molecule has 9 heteroatoms. The van der Waals surface area contributed by atoms with Crippen molar-refractivity contribution in [2.24, 2.45) is 5.10 Å². The molecule has 0 fully saturated rings. The van der Waals surface area contributed by atoms with Crippen molar-refractivity contribution in [3.05, 3.63) is 87.9 Å². The van der Waals surface area contributed by atoms with E-state index in [9.17, 15) is 14.4 Å². The zero-order valence-electron chi connectivity index (χ0n) is 20.2. The number of hydrogen-bond donors (Lipinski definition) is 3. The van der Waals surface area contributed by atoms with Crippen molar-refractivity contribution in [1.29, 1.82) is 0 Å². The lowest BCUT2D eigenvalue weighted by molar-refractivity contribution is -0.136. The molecule has 36 heavy (non-hydrogen) atoms. The highest BCUT2D eigenvalue weighted by atomic mass is 35.5. The minimum atomic E-state index is -0.907. The average Bonchev–Trinajstić information content (AvgIpc) is 2.86. The van der Waals surface area contributed by atoms with Gasteiger partial charge in [-0.3, -0.25) is 14.4 Å². The molecule has 0 heterocycles. The van der Waals surface area contributed by atoms with Crippen molar-refractivity contribution in [3.8, 4) is 5.75 Å². The summed E-state index contributed by atoms with van der Waals surface area (Å²) >= 11 is 6.25. The number of hydrazone groups is 1. The van der Waals surface area contributed by atoms with E-state index in [1.165, 1.54) is 11.8 Å². The second-order valence-electron chi connectivity index (χ2n) is 8.00. The summed E-state index contributed by atoms with van der Waals surface area (Å²) in [5.41, 5.74) is 6.89. The van der Waals surface area contributed by atoms with Crippen molar-refractivity contribution >= 4 is 46.9 Å². The van der Waals surface area contributed by atoms with Crippen LogP contribution in [-0.2, 0) is 20.8 Å². The first kappa shape index (κ1) is 26.4. The van der Waals surface area contributed by atoms with Gasteiger partial charge in [0.25, 0.3) is 5.91 Å². The van der Waals surface area contributed by atoms with Crippen LogP contribution < -0.4 is 20.8 Å². The topological polar surface area (TPSA) is 109 Å². The first-order valence-electron chi connectivity index (χ1n) is 11.3. The molecule has 0 aliphatic rings. The van der Waals surface area contributed by atoms with Gasteiger partial charge in [-0.15, -0.1) is 0 Å². The summed E-state index contributed by atoms with van der Waals surface area (Å²) in [5.74, 6) is -1.73. The molecule has 0 spiro atoms. The first-order valence-corrected chi connectivity index (χ1v) is 11.7. The number of carbonyl (C=O) groups excluding carboxylic acids is 3. The minimum absolute atomic E-state index is 0.214. The number of hydrogen-bond acceptors (Lipinski definition) is 5. The van der Waals surface area contributed by atoms with Crippen molar-refractivity contribution in [2.75, 3.05) is 17.2 Å². The summed E-state index contributed by atoms with van der Waals surface area (Å²) in [6, 6.07) is 17.9. The van der Waals surface area contributed by atoms with Gasteiger partial charge in [0.2, 0.25) is 0 Å². The summed E-state index contributed by atoms with van der Waals surface area (Å²) < 4.78 is 5.51. The van der Waals surface area contributed by atoms with Crippen molar-refractivity contribution in [3.63, 3.8) is 0 Å². The molecular weight excluding hydrogens is 480 g/mol. The Hall–Kier alpha value is -4.17. The Morgan fingerprint density at radius 2 is 1.64 bits per heavy atom. The monoisotopic (exact) mass is 506 g/mol. The number of halogens is 1. The highest BCUT2D eigenvalue weighted by Gasteiger charge is 2.15. The van der Waals surface area contributed by atoms with Gasteiger partial charge in [0, 0.05) is 11.4 Å². The van der Waals surface area contributed by atoms with Crippen LogP contribution in [0.15, 0.2) is 65.8 Å². The van der Waals surface area contributed by atoms with E-state index in [-0.39, 0.29) is 17.5 Å². The first-order chi connectivity index (χ1) is 17.3. The standard InChI is InChI=1S/C27H27ClN4O4/c1-4-19-8-11-21(12-9-19)30-24(33)16-36-23-13-10-20(14-22(23)28)15-29-32-27(35)26(34)31-25-17(2)6-5-7-18(25)3/h5-15H,4,16H2,1-3H3,(H,30,33)(H,31,34)(H,32,35)/b29-15-. The van der Waals surface area contributed by atoms with Gasteiger partial charge in [-0.1, -0.05) is 48.9 Å². The molecule has 0 unspecified atom stereocenters. The SMILES string of the molecule is CCc1ccc(NC(=O)COc2ccc(/C=N\NC(=O)C(=O)Nc3c(C)cccc3C)cc2Cl)cc1. The van der Waals surface area contributed by atoms with Crippen LogP contribution in [0.4, 0.5) is 11.4 Å². The Labute approximate surface area is 214 Å². The van der Waals surface area contributed by atoms with Crippen LogP contribution in [0.1, 0.15) is 29.2 Å². The summed E-state index contributed by atoms with van der Waals surface area (Å²) in [5, 5.41) is 9.42. The molecule has 3 aromatic rings. The van der Waals surface area contributed by atoms with Crippen LogP contribution in [0.3, 0.4) is 0 Å². The Balaban J connectivity index is 1.49. The molecule has 0 bridgehead atoms. The number of carbonyl (C=O) groups is 3. The largest absolute Gasteiger partial charge is 0.482 e. The molecule has 3 N–H and O–H groups in total. The zero-order valence-corrected chi connectivity index (χ0v) is 21.0. The van der Waals surface area contributed by atoms with Crippen LogP contribution in [0.25, 0.3) is 0 Å². The lowest BCUT2D eigenvalue weighted by Gasteiger charge is -2.10. The number of ether oxygens (including phenoxy) is 1. The third kappa shape index (κ3) is 7.41. The van der Waals surface area contributed by atoms with Gasteiger partial charge in [-0.25, -0.2) is 5.43 Å². The minimum Gasteiger partial charge on any atom is -0.482 e. The fourth-order valence-corrected chi connectivity index (χ4v) is 3.52. The zero-order chi connectivity index (χ0) is 26.1. The number of aryl methyl sites for hydroxylation is 3. The number of nitrogens with one attached hydrogen (secondary N) is 3. The number of amides is 3. The predicted molar refractivity (Wildman–Crippen MR) is 142 cm³/mol. The molecule has 0 aliphatic heterocycles. The van der Waals surface area contributed by atoms with Crippen LogP contribution >= 0.6 is 11.6 Å². The fourth-order valence-electron chi connectivity index (χ4n) is 3.28. The summed E-state index contributed by atoms with van der Waals surface area (Å²) in [7, 11) is 0. The van der Waals surface area contributed by atoms with E-state index >= 15 is 0 Å². The van der Waals surface area contributed by atoms with Gasteiger partial charge in [0.05, 0.1) is 11.2 Å². The lowest BCUT2D eigenvalue weighted by atomic mass is 10.1. The van der Waals surface area contributed by atoms with Gasteiger partial charge in [0.1, 0.15) is 5.75 Å². The highest BCUT2D eigenvalue weighted by molar-refractivity contribution is 6.39. The molecule has 0 saturated carbocycles. The number of para-hydroxylation sites is 1. The van der Waals surface area contributed by atoms with Crippen molar-refractivity contribution in [2.45, 2.75) is 27.2 Å². The summed E-state index contributed by atoms with van der Waals surface area (Å²) in [6.07, 6.45) is 2.26. The van der Waals surface area contributed by atoms with Crippen molar-refractivity contribution < 1.29 is 19.1 Å². The van der Waals surface area contributed by atoms with Gasteiger partial charge in [-0.2, -0.15) is 5.10 Å². The van der Waals surface area contributed by atoms with E-state index in [0.29, 0.717) is 22.7 Å². The Bertz CT molecular complexity index is 1270. The maximum Gasteiger partial charge on any atom is 0.329 e. The maximum absolute atomic E-state index is 12.2. The second-order valence-corrected chi connectivity index (χ2v) is 8.40. The molecule has 0 aliphatic carbocycles. The Morgan fingerprint density at radius 3 is 2.28 bits per heavy atom. The molecule has 0 atom stereocenters. The number of nitrogens with zero attached hydrogens (tertiary/aromatic N) is 1. The summed E-state index contributed by atoms with van der Waals surface area (Å²) in [4.78, 5) is 36.4. The van der Waals surface area contributed by atoms with Gasteiger partial charge in [-0.05, 0) is 72.9 Å². The predicted octanol–water partition coefficient (Wildman–Crippen LogP) is 4.63. The van der Waals surface area contributed by atoms with Crippen LogP contribution in [-0.4, -0.2) is 30.5 Å². The number of benzene rings is 3. The van der Waals surface area contributed by atoms with Crippen LogP contribution in [0.2, 0.25) is 5.02 Å². The molecule has 3 aromatic carbocycles. The van der Waals surface area contributed by atoms with Gasteiger partial charge < -0.3 is 15.4 Å². The molecule has 0 saturated heterocycles. The van der Waals surface area contributed by atoms with Gasteiger partial charge >= 0.3 is 11.8 Å². The van der Waals surface area contributed by atoms with E-state index in [1.54, 1.807) is 18.2 Å². The lowest BCUT2D eigenvalue weighted by Crippen LogP contribution is -2.32. The summed E-state index contributed by atoms with van der Waals surface area (Å²) in [6.45, 7) is 5.53. The van der Waals surface area contributed by atoms with Gasteiger partial charge in [0.15, 0.2) is 6.61 Å². The highest BCUT2D eigenvalue weighted by Crippen LogP contribution is 2.25. The van der Waals surface area contributed by atoms with E-state index in [1.807, 2.05) is 56.3 Å². The molecule has 186 valence electrons. The quantitative estimate of drug-likeness (QED) is 0.235. The van der Waals surface area contributed by atoms with E-state index in [2.05, 4.69) is 28.1 Å². The van der Waals surface area contributed by atoms with E-state index < -0.39 is 11.8 Å². The molecule has 3 rings (SSSR count). The maximum atomic E-state index is 12.2. The fraction of sp³-hybridized carbons (Fsp3) is 0.185. The third-order valence-corrected chi connectivity index (χ3v) is 5.56. The Kier molecular flexibility index (Phi) is 9.19. The molecule has 3 amide bonds. The smallest absolute Gasteiger partial charge is 0.329 e. The number of anilines is 2. The van der Waals surface area contributed by atoms with Crippen molar-refractivity contribution in [1.82, 2.24) is 5.43 Å². The van der Waals surface area contributed by atoms with Crippen LogP contribution in [0, 0.1) is 13.8 Å². The Morgan fingerprint density at radius 1 is 0.944 bits per heavy atom. The second kappa shape index (κ2) is 12.5. The van der Waals surface area contributed by atoms with E-state index in [4.69, 9.17) is 16.3 Å².